The van der Waals surface area contributed by atoms with E-state index in [1.54, 1.807) is 18.8 Å². The number of rotatable bonds is 8. The van der Waals surface area contributed by atoms with Crippen LogP contribution in [0.2, 0.25) is 0 Å². The van der Waals surface area contributed by atoms with E-state index in [4.69, 9.17) is 0 Å². The van der Waals surface area contributed by atoms with Gasteiger partial charge in [-0.25, -0.2) is 0 Å². The molecule has 0 heterocycles. The van der Waals surface area contributed by atoms with Crippen molar-refractivity contribution in [2.24, 2.45) is 10.9 Å². The molecular weight excluding hydrogens is 423 g/mol. The lowest BCUT2D eigenvalue weighted by Gasteiger charge is -2.12. The second-order valence-corrected chi connectivity index (χ2v) is 6.20. The van der Waals surface area contributed by atoms with Crippen LogP contribution in [-0.4, -0.2) is 44.3 Å². The molecule has 1 rings (SSSR count). The molecule has 7 heteroatoms. The zero-order valence-corrected chi connectivity index (χ0v) is 17.1. The largest absolute Gasteiger partial charge is 0.356 e. The monoisotopic (exact) mass is 450 g/mol. The van der Waals surface area contributed by atoms with Crippen molar-refractivity contribution in [1.82, 2.24) is 16.0 Å². The molecule has 0 spiro atoms. The quantitative estimate of drug-likeness (QED) is 0.187. The minimum atomic E-state index is 0. The van der Waals surface area contributed by atoms with Gasteiger partial charge >= 0.3 is 0 Å². The van der Waals surface area contributed by atoms with Gasteiger partial charge in [0.05, 0.1) is 0 Å². The second kappa shape index (κ2) is 13.5. The molecule has 0 bridgehead atoms. The van der Waals surface area contributed by atoms with E-state index in [1.807, 2.05) is 32.0 Å². The van der Waals surface area contributed by atoms with Crippen molar-refractivity contribution in [2.45, 2.75) is 18.7 Å². The first kappa shape index (κ1) is 22.0. The van der Waals surface area contributed by atoms with E-state index in [2.05, 4.69) is 33.1 Å². The van der Waals surface area contributed by atoms with Gasteiger partial charge in [0.25, 0.3) is 0 Å². The van der Waals surface area contributed by atoms with Crippen LogP contribution in [0.3, 0.4) is 0 Å². The molecule has 0 unspecified atom stereocenters. The van der Waals surface area contributed by atoms with E-state index in [-0.39, 0.29) is 35.8 Å². The number of guanidine groups is 1. The summed E-state index contributed by atoms with van der Waals surface area (Å²) in [5.74, 6) is 1.82. The summed E-state index contributed by atoms with van der Waals surface area (Å²) in [6.07, 6.45) is 0. The molecule has 0 saturated heterocycles. The Hall–Kier alpha value is -0.960. The SMILES string of the molecule is CN=C(NCCNC(=O)C(C)C)NCCSc1ccccc1.I. The lowest BCUT2D eigenvalue weighted by molar-refractivity contribution is -0.123. The highest BCUT2D eigenvalue weighted by molar-refractivity contribution is 14.0. The van der Waals surface area contributed by atoms with E-state index < -0.39 is 0 Å². The zero-order valence-electron chi connectivity index (χ0n) is 14.0. The molecule has 1 aromatic rings. The van der Waals surface area contributed by atoms with Gasteiger partial charge in [-0.15, -0.1) is 35.7 Å². The summed E-state index contributed by atoms with van der Waals surface area (Å²) in [5.41, 5.74) is 0. The van der Waals surface area contributed by atoms with Gasteiger partial charge in [0.2, 0.25) is 5.91 Å². The third-order valence-corrected chi connectivity index (χ3v) is 3.88. The van der Waals surface area contributed by atoms with Crippen molar-refractivity contribution in [3.05, 3.63) is 30.3 Å². The highest BCUT2D eigenvalue weighted by atomic mass is 127. The van der Waals surface area contributed by atoms with Gasteiger partial charge in [0, 0.05) is 43.2 Å². The summed E-state index contributed by atoms with van der Waals surface area (Å²) in [6, 6.07) is 10.3. The van der Waals surface area contributed by atoms with E-state index in [9.17, 15) is 4.79 Å². The first-order valence-corrected chi connectivity index (χ1v) is 8.52. The summed E-state index contributed by atoms with van der Waals surface area (Å²) >= 11 is 1.81. The number of benzene rings is 1. The predicted octanol–water partition coefficient (Wildman–Crippen LogP) is 2.33. The standard InChI is InChI=1S/C16H26N4OS.HI/c1-13(2)15(21)18-9-10-19-16(17-3)20-11-12-22-14-7-5-4-6-8-14;/h4-8,13H,9-12H2,1-3H3,(H,18,21)(H2,17,19,20);1H. The molecule has 0 atom stereocenters. The third-order valence-electron chi connectivity index (χ3n) is 2.87. The van der Waals surface area contributed by atoms with Crippen LogP contribution in [0.5, 0.6) is 0 Å². The summed E-state index contributed by atoms with van der Waals surface area (Å²) < 4.78 is 0. The van der Waals surface area contributed by atoms with E-state index in [0.29, 0.717) is 13.1 Å². The van der Waals surface area contributed by atoms with Crippen LogP contribution in [0, 0.1) is 5.92 Å². The van der Waals surface area contributed by atoms with Gasteiger partial charge < -0.3 is 16.0 Å². The van der Waals surface area contributed by atoms with Crippen LogP contribution in [0.1, 0.15) is 13.8 Å². The van der Waals surface area contributed by atoms with Crippen LogP contribution < -0.4 is 16.0 Å². The van der Waals surface area contributed by atoms with E-state index in [1.165, 1.54) is 4.90 Å². The maximum Gasteiger partial charge on any atom is 0.222 e. The molecule has 0 aliphatic heterocycles. The number of nitrogens with one attached hydrogen (secondary N) is 3. The van der Waals surface area contributed by atoms with Crippen LogP contribution in [0.15, 0.2) is 40.2 Å². The molecule has 0 aliphatic rings. The minimum Gasteiger partial charge on any atom is -0.356 e. The Morgan fingerprint density at radius 1 is 1.09 bits per heavy atom. The molecule has 1 aromatic carbocycles. The number of halogens is 1. The lowest BCUT2D eigenvalue weighted by atomic mass is 10.2. The van der Waals surface area contributed by atoms with E-state index >= 15 is 0 Å². The first-order chi connectivity index (χ1) is 10.6. The first-order valence-electron chi connectivity index (χ1n) is 7.53. The zero-order chi connectivity index (χ0) is 16.2. The maximum absolute atomic E-state index is 11.4. The molecule has 130 valence electrons. The Morgan fingerprint density at radius 2 is 1.70 bits per heavy atom. The average Bonchev–Trinajstić information content (AvgIpc) is 2.54. The second-order valence-electron chi connectivity index (χ2n) is 5.03. The van der Waals surface area contributed by atoms with Gasteiger partial charge in [-0.3, -0.25) is 9.79 Å². The normalized spacial score (nSPS) is 10.9. The summed E-state index contributed by atoms with van der Waals surface area (Å²) in [6.45, 7) is 5.85. The highest BCUT2D eigenvalue weighted by Crippen LogP contribution is 2.15. The number of carbonyl (C=O) groups is 1. The number of aliphatic imine (C=N–C) groups is 1. The fraction of sp³-hybridized carbons (Fsp3) is 0.500. The van der Waals surface area contributed by atoms with Crippen molar-refractivity contribution in [1.29, 1.82) is 0 Å². The number of thioether (sulfide) groups is 1. The number of nitrogens with zero attached hydrogens (tertiary/aromatic N) is 1. The Morgan fingerprint density at radius 3 is 2.30 bits per heavy atom. The lowest BCUT2D eigenvalue weighted by Crippen LogP contribution is -2.42. The Bertz CT molecular complexity index is 468. The smallest absolute Gasteiger partial charge is 0.222 e. The third kappa shape index (κ3) is 10.4. The van der Waals surface area contributed by atoms with Crippen molar-refractivity contribution in [2.75, 3.05) is 32.4 Å². The molecule has 23 heavy (non-hydrogen) atoms. The van der Waals surface area contributed by atoms with Gasteiger partial charge in [0.15, 0.2) is 5.96 Å². The molecule has 0 aliphatic carbocycles. The van der Waals surface area contributed by atoms with Crippen molar-refractivity contribution in [3.8, 4) is 0 Å². The minimum absolute atomic E-state index is 0. The Labute approximate surface area is 160 Å². The number of hydrogen-bond donors (Lipinski definition) is 3. The maximum atomic E-state index is 11.4. The van der Waals surface area contributed by atoms with Gasteiger partial charge in [-0.1, -0.05) is 32.0 Å². The molecule has 0 saturated carbocycles. The van der Waals surface area contributed by atoms with Crippen molar-refractivity contribution in [3.63, 3.8) is 0 Å². The average molecular weight is 450 g/mol. The van der Waals surface area contributed by atoms with Crippen LogP contribution >= 0.6 is 35.7 Å². The molecule has 0 aromatic heterocycles. The fourth-order valence-corrected chi connectivity index (χ4v) is 2.44. The molecule has 3 N–H and O–H groups in total. The topological polar surface area (TPSA) is 65.5 Å². The molecule has 5 nitrogen and oxygen atoms in total. The van der Waals surface area contributed by atoms with E-state index in [0.717, 1.165) is 18.3 Å². The Kier molecular flexibility index (Phi) is 12.9. The number of amides is 1. The summed E-state index contributed by atoms with van der Waals surface area (Å²) in [7, 11) is 1.74. The molecule has 0 fully saturated rings. The van der Waals surface area contributed by atoms with Crippen LogP contribution in [0.25, 0.3) is 0 Å². The predicted molar refractivity (Wildman–Crippen MR) is 110 cm³/mol. The van der Waals surface area contributed by atoms with Crippen LogP contribution in [0.4, 0.5) is 0 Å². The molecule has 1 amide bonds. The van der Waals surface area contributed by atoms with Crippen molar-refractivity contribution >= 4 is 47.6 Å². The van der Waals surface area contributed by atoms with Gasteiger partial charge in [0.1, 0.15) is 0 Å². The van der Waals surface area contributed by atoms with Gasteiger partial charge in [-0.2, -0.15) is 0 Å². The molecular formula is C16H27IN4OS. The fourth-order valence-electron chi connectivity index (χ4n) is 1.65. The number of hydrogen-bond acceptors (Lipinski definition) is 3. The van der Waals surface area contributed by atoms with Crippen molar-refractivity contribution < 1.29 is 4.79 Å². The molecule has 0 radical (unpaired) electrons. The summed E-state index contributed by atoms with van der Waals surface area (Å²) in [4.78, 5) is 16.8. The Balaban J connectivity index is 0.00000484. The summed E-state index contributed by atoms with van der Waals surface area (Å²) in [5, 5.41) is 9.30. The highest BCUT2D eigenvalue weighted by Gasteiger charge is 2.05. The van der Waals surface area contributed by atoms with Gasteiger partial charge in [-0.05, 0) is 12.1 Å². The number of carbonyl (C=O) groups excluding carboxylic acids is 1. The van der Waals surface area contributed by atoms with Crippen LogP contribution in [-0.2, 0) is 4.79 Å².